The van der Waals surface area contributed by atoms with Crippen molar-refractivity contribution in [3.63, 3.8) is 0 Å². The number of nitrogens with zero attached hydrogens (tertiary/aromatic N) is 1. The van der Waals surface area contributed by atoms with E-state index in [2.05, 4.69) is 32.2 Å². The van der Waals surface area contributed by atoms with Gasteiger partial charge in [0.25, 0.3) is 0 Å². The molecule has 0 bridgehead atoms. The molecule has 0 saturated carbocycles. The van der Waals surface area contributed by atoms with Crippen molar-refractivity contribution in [1.82, 2.24) is 5.32 Å². The zero-order chi connectivity index (χ0) is 15.0. The fourth-order valence-corrected chi connectivity index (χ4v) is 1.92. The molecule has 0 heterocycles. The van der Waals surface area contributed by atoms with Gasteiger partial charge in [0.2, 0.25) is 0 Å². The molecule has 0 aromatic heterocycles. The number of hydrogen-bond donors (Lipinski definition) is 1. The normalized spacial score (nSPS) is 11.2. The fourth-order valence-electron chi connectivity index (χ4n) is 1.69. The first-order valence-corrected chi connectivity index (χ1v) is 7.34. The maximum Gasteiger partial charge on any atom is 0.125 e. The Bertz CT molecular complexity index is 461. The van der Waals surface area contributed by atoms with Crippen molar-refractivity contribution in [3.8, 4) is 11.8 Å². The van der Waals surface area contributed by atoms with Gasteiger partial charge in [-0.05, 0) is 45.7 Å². The molecule has 20 heavy (non-hydrogen) atoms. The van der Waals surface area contributed by atoms with Gasteiger partial charge >= 0.3 is 0 Å². The van der Waals surface area contributed by atoms with Crippen LogP contribution in [0.15, 0.2) is 18.2 Å². The summed E-state index contributed by atoms with van der Waals surface area (Å²) in [6.07, 6.45) is 2.33. The van der Waals surface area contributed by atoms with Gasteiger partial charge in [-0.25, -0.2) is 0 Å². The van der Waals surface area contributed by atoms with Crippen LogP contribution in [-0.2, 0) is 6.54 Å². The summed E-state index contributed by atoms with van der Waals surface area (Å²) >= 11 is 6.26. The van der Waals surface area contributed by atoms with Crippen LogP contribution < -0.4 is 10.1 Å². The van der Waals surface area contributed by atoms with Gasteiger partial charge in [0, 0.05) is 29.1 Å². The molecule has 0 spiro atoms. The molecule has 1 aromatic carbocycles. The maximum absolute atomic E-state index is 8.49. The van der Waals surface area contributed by atoms with Crippen LogP contribution in [-0.4, -0.2) is 12.1 Å². The zero-order valence-corrected chi connectivity index (χ0v) is 13.3. The number of halogens is 1. The summed E-state index contributed by atoms with van der Waals surface area (Å²) in [5, 5.41) is 12.6. The maximum atomic E-state index is 8.49. The average Bonchev–Trinajstić information content (AvgIpc) is 2.36. The van der Waals surface area contributed by atoms with Crippen LogP contribution in [0.25, 0.3) is 0 Å². The molecule has 0 aliphatic rings. The van der Waals surface area contributed by atoms with E-state index in [1.165, 1.54) is 0 Å². The lowest BCUT2D eigenvalue weighted by molar-refractivity contribution is 0.302. The number of unbranched alkanes of at least 4 members (excludes halogenated alkanes) is 2. The Labute approximate surface area is 126 Å². The Morgan fingerprint density at radius 3 is 2.70 bits per heavy atom. The van der Waals surface area contributed by atoms with Gasteiger partial charge in [0.1, 0.15) is 5.75 Å². The molecule has 110 valence electrons. The standard InChI is InChI=1S/C16H23ClN2O/c1-16(2,3)19-12-13-14(17)8-7-9-15(13)20-11-6-4-5-10-18/h7-9,19H,4-6,11-12H2,1-3H3. The summed E-state index contributed by atoms with van der Waals surface area (Å²) in [7, 11) is 0. The number of rotatable bonds is 7. The van der Waals surface area contributed by atoms with Gasteiger partial charge in [-0.1, -0.05) is 17.7 Å². The predicted molar refractivity (Wildman–Crippen MR) is 83.0 cm³/mol. The Kier molecular flexibility index (Phi) is 6.84. The summed E-state index contributed by atoms with van der Waals surface area (Å²) in [6.45, 7) is 7.64. The quantitative estimate of drug-likeness (QED) is 0.763. The van der Waals surface area contributed by atoms with E-state index in [0.29, 0.717) is 19.6 Å². The van der Waals surface area contributed by atoms with E-state index in [1.807, 2.05) is 18.2 Å². The largest absolute Gasteiger partial charge is 0.493 e. The van der Waals surface area contributed by atoms with Crippen molar-refractivity contribution in [2.24, 2.45) is 0 Å². The summed E-state index contributed by atoms with van der Waals surface area (Å²) < 4.78 is 5.80. The van der Waals surface area contributed by atoms with Crippen molar-refractivity contribution in [3.05, 3.63) is 28.8 Å². The molecular weight excluding hydrogens is 272 g/mol. The van der Waals surface area contributed by atoms with Crippen molar-refractivity contribution in [1.29, 1.82) is 5.26 Å². The second-order valence-electron chi connectivity index (χ2n) is 5.78. The van der Waals surface area contributed by atoms with Gasteiger partial charge in [-0.3, -0.25) is 0 Å². The minimum atomic E-state index is 0.0310. The topological polar surface area (TPSA) is 45.0 Å². The highest BCUT2D eigenvalue weighted by atomic mass is 35.5. The molecule has 1 aromatic rings. The molecule has 0 aliphatic heterocycles. The second kappa shape index (κ2) is 8.14. The molecule has 1 rings (SSSR count). The first kappa shape index (κ1) is 16.8. The van der Waals surface area contributed by atoms with Crippen LogP contribution in [0.5, 0.6) is 5.75 Å². The Morgan fingerprint density at radius 1 is 1.30 bits per heavy atom. The van der Waals surface area contributed by atoms with E-state index in [-0.39, 0.29) is 5.54 Å². The highest BCUT2D eigenvalue weighted by molar-refractivity contribution is 6.31. The van der Waals surface area contributed by atoms with Crippen molar-refractivity contribution in [2.45, 2.75) is 52.1 Å². The molecule has 1 N–H and O–H groups in total. The Hall–Kier alpha value is -1.24. The molecule has 0 saturated heterocycles. The highest BCUT2D eigenvalue weighted by Crippen LogP contribution is 2.27. The number of hydrogen-bond acceptors (Lipinski definition) is 3. The molecule has 0 radical (unpaired) electrons. The summed E-state index contributed by atoms with van der Waals surface area (Å²) in [6, 6.07) is 7.85. The van der Waals surface area contributed by atoms with Gasteiger partial charge in [0.15, 0.2) is 0 Å². The van der Waals surface area contributed by atoms with Gasteiger partial charge in [-0.15, -0.1) is 0 Å². The van der Waals surface area contributed by atoms with E-state index in [9.17, 15) is 0 Å². The SMILES string of the molecule is CC(C)(C)NCc1c(Cl)cccc1OCCCCC#N. The minimum Gasteiger partial charge on any atom is -0.493 e. The van der Waals surface area contributed by atoms with E-state index >= 15 is 0 Å². The molecule has 0 unspecified atom stereocenters. The van der Waals surface area contributed by atoms with Gasteiger partial charge in [-0.2, -0.15) is 5.26 Å². The third-order valence-corrected chi connectivity index (χ3v) is 3.17. The number of ether oxygens (including phenoxy) is 1. The predicted octanol–water partition coefficient (Wildman–Crippen LogP) is 4.30. The Morgan fingerprint density at radius 2 is 2.05 bits per heavy atom. The number of nitriles is 1. The third-order valence-electron chi connectivity index (χ3n) is 2.81. The van der Waals surface area contributed by atoms with E-state index in [4.69, 9.17) is 21.6 Å². The smallest absolute Gasteiger partial charge is 0.125 e. The first-order chi connectivity index (χ1) is 9.44. The lowest BCUT2D eigenvalue weighted by Gasteiger charge is -2.22. The summed E-state index contributed by atoms with van der Waals surface area (Å²) in [5.41, 5.74) is 1.02. The summed E-state index contributed by atoms with van der Waals surface area (Å²) in [5.74, 6) is 0.825. The molecule has 0 amide bonds. The molecule has 0 aliphatic carbocycles. The van der Waals surface area contributed by atoms with Crippen LogP contribution >= 0.6 is 11.6 Å². The number of benzene rings is 1. The monoisotopic (exact) mass is 294 g/mol. The summed E-state index contributed by atoms with van der Waals surface area (Å²) in [4.78, 5) is 0. The lowest BCUT2D eigenvalue weighted by Crippen LogP contribution is -2.35. The molecule has 4 heteroatoms. The first-order valence-electron chi connectivity index (χ1n) is 6.96. The third kappa shape index (κ3) is 6.27. The van der Waals surface area contributed by atoms with Crippen molar-refractivity contribution in [2.75, 3.05) is 6.61 Å². The number of nitrogens with one attached hydrogen (secondary N) is 1. The van der Waals surface area contributed by atoms with E-state index < -0.39 is 0 Å². The Balaban J connectivity index is 2.61. The van der Waals surface area contributed by atoms with Crippen molar-refractivity contribution >= 4 is 11.6 Å². The molecular formula is C16H23ClN2O. The zero-order valence-electron chi connectivity index (χ0n) is 12.5. The van der Waals surface area contributed by atoms with Crippen LogP contribution in [0, 0.1) is 11.3 Å². The van der Waals surface area contributed by atoms with Gasteiger partial charge in [0.05, 0.1) is 12.7 Å². The van der Waals surface area contributed by atoms with E-state index in [1.54, 1.807) is 0 Å². The second-order valence-corrected chi connectivity index (χ2v) is 6.19. The van der Waals surface area contributed by atoms with Crippen LogP contribution in [0.3, 0.4) is 0 Å². The minimum absolute atomic E-state index is 0.0310. The molecule has 0 atom stereocenters. The highest BCUT2D eigenvalue weighted by Gasteiger charge is 2.13. The average molecular weight is 295 g/mol. The lowest BCUT2D eigenvalue weighted by atomic mass is 10.1. The van der Waals surface area contributed by atoms with Crippen molar-refractivity contribution < 1.29 is 4.74 Å². The van der Waals surface area contributed by atoms with Gasteiger partial charge < -0.3 is 10.1 Å². The van der Waals surface area contributed by atoms with Crippen LogP contribution in [0.2, 0.25) is 5.02 Å². The van der Waals surface area contributed by atoms with Crippen LogP contribution in [0.4, 0.5) is 0 Å². The van der Waals surface area contributed by atoms with E-state index in [0.717, 1.165) is 29.2 Å². The molecule has 3 nitrogen and oxygen atoms in total. The fraction of sp³-hybridized carbons (Fsp3) is 0.562. The molecule has 0 fully saturated rings. The van der Waals surface area contributed by atoms with Crippen LogP contribution in [0.1, 0.15) is 45.6 Å².